The quantitative estimate of drug-likeness (QED) is 0.558. The van der Waals surface area contributed by atoms with Gasteiger partial charge in [-0.25, -0.2) is 9.97 Å². The van der Waals surface area contributed by atoms with Crippen molar-refractivity contribution in [1.82, 2.24) is 9.97 Å². The normalized spacial score (nSPS) is 12.4. The van der Waals surface area contributed by atoms with Crippen molar-refractivity contribution in [2.24, 2.45) is 0 Å². The third kappa shape index (κ3) is 2.84. The van der Waals surface area contributed by atoms with Gasteiger partial charge in [-0.1, -0.05) is 49.0 Å². The van der Waals surface area contributed by atoms with Gasteiger partial charge in [0.1, 0.15) is 21.4 Å². The van der Waals surface area contributed by atoms with Crippen molar-refractivity contribution in [2.75, 3.05) is 0 Å². The van der Waals surface area contributed by atoms with Crippen LogP contribution in [0.3, 0.4) is 0 Å². The first kappa shape index (κ1) is 15.0. The lowest BCUT2D eigenvalue weighted by Crippen LogP contribution is -2.15. The van der Waals surface area contributed by atoms with Crippen molar-refractivity contribution in [3.8, 4) is 11.1 Å². The van der Waals surface area contributed by atoms with Gasteiger partial charge in [0.2, 0.25) is 0 Å². The van der Waals surface area contributed by atoms with Crippen LogP contribution in [-0.2, 0) is 4.79 Å². The molecule has 0 amide bonds. The van der Waals surface area contributed by atoms with E-state index in [0.29, 0.717) is 6.42 Å². The van der Waals surface area contributed by atoms with Gasteiger partial charge in [0.25, 0.3) is 0 Å². The molecule has 0 saturated carbocycles. The van der Waals surface area contributed by atoms with Crippen LogP contribution in [0.4, 0.5) is 0 Å². The first-order chi connectivity index (χ1) is 10.7. The van der Waals surface area contributed by atoms with Crippen molar-refractivity contribution < 1.29 is 9.90 Å². The first-order valence-electron chi connectivity index (χ1n) is 6.87. The van der Waals surface area contributed by atoms with Crippen LogP contribution in [-0.4, -0.2) is 26.3 Å². The minimum absolute atomic E-state index is 0.498. The molecule has 22 heavy (non-hydrogen) atoms. The molecule has 0 saturated heterocycles. The Bertz CT molecular complexity index is 802. The van der Waals surface area contributed by atoms with Gasteiger partial charge >= 0.3 is 5.97 Å². The number of nitrogens with zero attached hydrogens (tertiary/aromatic N) is 2. The number of hydrogen-bond donors (Lipinski definition) is 1. The summed E-state index contributed by atoms with van der Waals surface area (Å²) in [4.78, 5) is 20.8. The summed E-state index contributed by atoms with van der Waals surface area (Å²) >= 11 is 2.85. The molecule has 1 atom stereocenters. The van der Waals surface area contributed by atoms with Crippen molar-refractivity contribution in [2.45, 2.75) is 23.6 Å². The van der Waals surface area contributed by atoms with E-state index in [-0.39, 0.29) is 0 Å². The number of aliphatic carboxylic acids is 1. The van der Waals surface area contributed by atoms with Crippen LogP contribution in [0.5, 0.6) is 0 Å². The van der Waals surface area contributed by atoms with E-state index in [4.69, 9.17) is 0 Å². The van der Waals surface area contributed by atoms with Crippen LogP contribution in [0.15, 0.2) is 47.1 Å². The molecule has 4 nitrogen and oxygen atoms in total. The molecular formula is C16H14N2O2S2. The van der Waals surface area contributed by atoms with Crippen LogP contribution in [0, 0.1) is 0 Å². The van der Waals surface area contributed by atoms with Gasteiger partial charge in [-0.15, -0.1) is 11.3 Å². The van der Waals surface area contributed by atoms with Crippen LogP contribution in [0.1, 0.15) is 13.3 Å². The van der Waals surface area contributed by atoms with Gasteiger partial charge in [-0.3, -0.25) is 4.79 Å². The molecule has 1 unspecified atom stereocenters. The van der Waals surface area contributed by atoms with Gasteiger partial charge in [-0.2, -0.15) is 0 Å². The number of thioether (sulfide) groups is 1. The lowest BCUT2D eigenvalue weighted by Gasteiger charge is -2.10. The number of benzene rings is 1. The Hall–Kier alpha value is -1.92. The van der Waals surface area contributed by atoms with Crippen LogP contribution in [0.2, 0.25) is 0 Å². The van der Waals surface area contributed by atoms with Crippen molar-refractivity contribution in [3.63, 3.8) is 0 Å². The summed E-state index contributed by atoms with van der Waals surface area (Å²) in [6, 6.07) is 10.0. The Morgan fingerprint density at radius 2 is 2.09 bits per heavy atom. The smallest absolute Gasteiger partial charge is 0.317 e. The Kier molecular flexibility index (Phi) is 4.40. The van der Waals surface area contributed by atoms with Gasteiger partial charge in [0, 0.05) is 10.9 Å². The zero-order valence-electron chi connectivity index (χ0n) is 11.9. The summed E-state index contributed by atoms with van der Waals surface area (Å²) in [5, 5.41) is 12.5. The number of thiophene rings is 1. The predicted octanol–water partition coefficient (Wildman–Crippen LogP) is 4.31. The number of hydrogen-bond acceptors (Lipinski definition) is 5. The lowest BCUT2D eigenvalue weighted by molar-refractivity contribution is -0.136. The standard InChI is InChI=1S/C16H14N2O2S2/c1-2-12(16(19)20)22-15-13-11(10-6-4-3-5-7-10)8-21-14(13)17-9-18-15/h3-9,12H,2H2,1H3,(H,19,20). The maximum absolute atomic E-state index is 11.3. The van der Waals surface area contributed by atoms with Gasteiger partial charge < -0.3 is 5.11 Å². The summed E-state index contributed by atoms with van der Waals surface area (Å²) in [5.74, 6) is -0.809. The van der Waals surface area contributed by atoms with E-state index in [1.165, 1.54) is 18.1 Å². The molecule has 2 heterocycles. The number of aromatic nitrogens is 2. The number of carboxylic acids is 1. The third-order valence-corrected chi connectivity index (χ3v) is 5.56. The molecule has 1 aromatic carbocycles. The molecule has 0 bridgehead atoms. The monoisotopic (exact) mass is 330 g/mol. The molecule has 3 rings (SSSR count). The summed E-state index contributed by atoms with van der Waals surface area (Å²) in [6.45, 7) is 1.87. The summed E-state index contributed by atoms with van der Waals surface area (Å²) in [5.41, 5.74) is 2.15. The average molecular weight is 330 g/mol. The molecule has 6 heteroatoms. The van der Waals surface area contributed by atoms with Crippen molar-refractivity contribution in [3.05, 3.63) is 42.0 Å². The molecule has 112 valence electrons. The second kappa shape index (κ2) is 6.46. The van der Waals surface area contributed by atoms with Crippen LogP contribution < -0.4 is 0 Å². The van der Waals surface area contributed by atoms with Crippen molar-refractivity contribution in [1.29, 1.82) is 0 Å². The highest BCUT2D eigenvalue weighted by molar-refractivity contribution is 8.00. The Balaban J connectivity index is 2.11. The molecule has 0 aliphatic rings. The Labute approximate surface area is 136 Å². The largest absolute Gasteiger partial charge is 0.480 e. The maximum Gasteiger partial charge on any atom is 0.317 e. The number of carbonyl (C=O) groups is 1. The highest BCUT2D eigenvalue weighted by Gasteiger charge is 2.21. The summed E-state index contributed by atoms with van der Waals surface area (Å²) in [7, 11) is 0. The number of carboxylic acid groups (broad SMARTS) is 1. The highest BCUT2D eigenvalue weighted by Crippen LogP contribution is 2.39. The molecule has 2 aromatic heterocycles. The molecule has 3 aromatic rings. The molecule has 0 radical (unpaired) electrons. The first-order valence-corrected chi connectivity index (χ1v) is 8.63. The fourth-order valence-electron chi connectivity index (χ4n) is 2.21. The molecule has 0 aliphatic carbocycles. The zero-order valence-corrected chi connectivity index (χ0v) is 13.5. The fourth-order valence-corrected chi connectivity index (χ4v) is 4.16. The summed E-state index contributed by atoms with van der Waals surface area (Å²) < 4.78 is 0. The van der Waals surface area contributed by atoms with Gasteiger partial charge in [0.15, 0.2) is 0 Å². The Morgan fingerprint density at radius 1 is 1.32 bits per heavy atom. The van der Waals surface area contributed by atoms with E-state index in [0.717, 1.165) is 26.4 Å². The molecule has 0 fully saturated rings. The highest BCUT2D eigenvalue weighted by atomic mass is 32.2. The van der Waals surface area contributed by atoms with E-state index >= 15 is 0 Å². The van der Waals surface area contributed by atoms with Crippen LogP contribution >= 0.6 is 23.1 Å². The lowest BCUT2D eigenvalue weighted by atomic mass is 10.1. The maximum atomic E-state index is 11.3. The predicted molar refractivity (Wildman–Crippen MR) is 90.4 cm³/mol. The zero-order chi connectivity index (χ0) is 15.5. The minimum Gasteiger partial charge on any atom is -0.480 e. The van der Waals surface area contributed by atoms with E-state index in [1.807, 2.05) is 37.3 Å². The third-order valence-electron chi connectivity index (χ3n) is 3.32. The second-order valence-electron chi connectivity index (χ2n) is 4.73. The second-order valence-corrected chi connectivity index (χ2v) is 6.78. The Morgan fingerprint density at radius 3 is 2.77 bits per heavy atom. The number of fused-ring (bicyclic) bond motifs is 1. The topological polar surface area (TPSA) is 63.1 Å². The molecule has 1 N–H and O–H groups in total. The molecule has 0 aliphatic heterocycles. The average Bonchev–Trinajstić information content (AvgIpc) is 2.98. The fraction of sp³-hybridized carbons (Fsp3) is 0.188. The van der Waals surface area contributed by atoms with E-state index in [2.05, 4.69) is 15.3 Å². The summed E-state index contributed by atoms with van der Waals surface area (Å²) in [6.07, 6.45) is 2.06. The van der Waals surface area contributed by atoms with Crippen LogP contribution in [0.25, 0.3) is 21.3 Å². The number of rotatable bonds is 5. The van der Waals surface area contributed by atoms with E-state index in [9.17, 15) is 9.90 Å². The van der Waals surface area contributed by atoms with Crippen molar-refractivity contribution >= 4 is 39.3 Å². The minimum atomic E-state index is -0.809. The van der Waals surface area contributed by atoms with Gasteiger partial charge in [0.05, 0.1) is 5.39 Å². The van der Waals surface area contributed by atoms with Gasteiger partial charge in [-0.05, 0) is 12.0 Å². The van der Waals surface area contributed by atoms with E-state index in [1.54, 1.807) is 11.3 Å². The molecule has 0 spiro atoms. The molecular weight excluding hydrogens is 316 g/mol. The van der Waals surface area contributed by atoms with E-state index < -0.39 is 11.2 Å². The SMILES string of the molecule is CCC(Sc1ncnc2scc(-c3ccccc3)c12)C(=O)O.